The van der Waals surface area contributed by atoms with E-state index in [0.29, 0.717) is 29.1 Å². The number of rotatable bonds is 6. The Balaban J connectivity index is 1.48. The Labute approximate surface area is 184 Å². The molecule has 0 unspecified atom stereocenters. The minimum atomic E-state index is -0.0839. The van der Waals surface area contributed by atoms with Crippen LogP contribution in [0.2, 0.25) is 0 Å². The summed E-state index contributed by atoms with van der Waals surface area (Å²) in [5.74, 6) is 2.94. The van der Waals surface area contributed by atoms with Crippen LogP contribution in [-0.2, 0) is 4.79 Å². The van der Waals surface area contributed by atoms with Crippen molar-refractivity contribution in [1.29, 1.82) is 0 Å². The molecule has 0 bridgehead atoms. The van der Waals surface area contributed by atoms with Crippen LogP contribution in [0.4, 0.5) is 0 Å². The third-order valence-electron chi connectivity index (χ3n) is 10.2. The zero-order chi connectivity index (χ0) is 21.5. The Hall–Kier alpha value is -0.830. The molecule has 4 aliphatic rings. The first kappa shape index (κ1) is 22.4. The Morgan fingerprint density at radius 3 is 2.63 bits per heavy atom. The number of unbranched alkanes of at least 4 members (excludes halogenated alkanes) is 2. The van der Waals surface area contributed by atoms with Gasteiger partial charge in [0.05, 0.1) is 6.10 Å². The van der Waals surface area contributed by atoms with E-state index in [4.69, 9.17) is 0 Å². The van der Waals surface area contributed by atoms with Crippen molar-refractivity contribution in [2.24, 2.45) is 40.4 Å². The summed E-state index contributed by atoms with van der Waals surface area (Å²) in [5, 5.41) is 13.5. The number of aliphatic hydroxyl groups is 1. The van der Waals surface area contributed by atoms with Crippen LogP contribution in [-0.4, -0.2) is 23.7 Å². The highest BCUT2D eigenvalue weighted by molar-refractivity contribution is 5.78. The van der Waals surface area contributed by atoms with Gasteiger partial charge in [0.25, 0.3) is 0 Å². The second-order valence-electron chi connectivity index (χ2n) is 11.7. The number of allylic oxidation sites excluding steroid dienone is 2. The molecule has 0 saturated heterocycles. The molecule has 3 saturated carbocycles. The van der Waals surface area contributed by atoms with Gasteiger partial charge in [0.1, 0.15) is 0 Å². The molecule has 0 aliphatic heterocycles. The third kappa shape index (κ3) is 3.67. The predicted octanol–water partition coefficient (Wildman–Crippen LogP) is 5.87. The maximum Gasteiger partial charge on any atom is 0.223 e. The van der Waals surface area contributed by atoms with E-state index < -0.39 is 0 Å². The topological polar surface area (TPSA) is 49.3 Å². The molecule has 170 valence electrons. The highest BCUT2D eigenvalue weighted by Gasteiger charge is 2.58. The minimum absolute atomic E-state index is 0.0839. The van der Waals surface area contributed by atoms with Gasteiger partial charge < -0.3 is 10.4 Å². The summed E-state index contributed by atoms with van der Waals surface area (Å²) in [6, 6.07) is 0. The highest BCUT2D eigenvalue weighted by atomic mass is 16.3. The average Bonchev–Trinajstić information content (AvgIpc) is 3.08. The highest BCUT2D eigenvalue weighted by Crippen LogP contribution is 2.66. The van der Waals surface area contributed by atoms with Crippen molar-refractivity contribution >= 4 is 5.91 Å². The molecule has 3 nitrogen and oxygen atoms in total. The van der Waals surface area contributed by atoms with E-state index in [1.54, 1.807) is 5.57 Å². The zero-order valence-corrected chi connectivity index (χ0v) is 19.9. The normalized spacial score (nSPS) is 43.8. The first-order valence-electron chi connectivity index (χ1n) is 13.0. The fourth-order valence-corrected chi connectivity index (χ4v) is 8.28. The lowest BCUT2D eigenvalue weighted by Gasteiger charge is -2.57. The Bertz CT molecular complexity index is 672. The molecule has 3 heteroatoms. The van der Waals surface area contributed by atoms with E-state index in [2.05, 4.69) is 39.1 Å². The lowest BCUT2D eigenvalue weighted by molar-refractivity contribution is -0.128. The minimum Gasteiger partial charge on any atom is -0.393 e. The maximum absolute atomic E-state index is 12.9. The van der Waals surface area contributed by atoms with Crippen molar-refractivity contribution < 1.29 is 9.90 Å². The number of fused-ring (bicyclic) bond motifs is 5. The molecule has 1 amide bonds. The molecule has 0 heterocycles. The Kier molecular flexibility index (Phi) is 6.41. The van der Waals surface area contributed by atoms with Crippen LogP contribution in [0.15, 0.2) is 11.6 Å². The van der Waals surface area contributed by atoms with E-state index in [0.717, 1.165) is 32.2 Å². The first-order valence-corrected chi connectivity index (χ1v) is 13.0. The third-order valence-corrected chi connectivity index (χ3v) is 10.2. The van der Waals surface area contributed by atoms with E-state index in [9.17, 15) is 9.90 Å². The van der Waals surface area contributed by atoms with E-state index in [1.165, 1.54) is 44.9 Å². The lowest BCUT2D eigenvalue weighted by atomic mass is 9.47. The van der Waals surface area contributed by atoms with Gasteiger partial charge in [0, 0.05) is 12.5 Å². The van der Waals surface area contributed by atoms with Crippen molar-refractivity contribution in [1.82, 2.24) is 5.32 Å². The van der Waals surface area contributed by atoms with E-state index >= 15 is 0 Å². The second kappa shape index (κ2) is 8.60. The van der Waals surface area contributed by atoms with Gasteiger partial charge in [-0.15, -0.1) is 0 Å². The fourth-order valence-electron chi connectivity index (χ4n) is 8.28. The summed E-state index contributed by atoms with van der Waals surface area (Å²) >= 11 is 0. The summed E-state index contributed by atoms with van der Waals surface area (Å²) in [4.78, 5) is 12.9. The molecule has 0 aromatic carbocycles. The quantitative estimate of drug-likeness (QED) is 0.421. The van der Waals surface area contributed by atoms with Crippen molar-refractivity contribution in [3.05, 3.63) is 11.6 Å². The number of aliphatic hydroxyl groups excluding tert-OH is 1. The smallest absolute Gasteiger partial charge is 0.223 e. The van der Waals surface area contributed by atoms with Crippen LogP contribution in [0.3, 0.4) is 0 Å². The van der Waals surface area contributed by atoms with E-state index in [-0.39, 0.29) is 23.3 Å². The average molecular weight is 416 g/mol. The number of hydrogen-bond donors (Lipinski definition) is 2. The number of carbonyl (C=O) groups excluding carboxylic acids is 1. The number of hydrogen-bond acceptors (Lipinski definition) is 2. The van der Waals surface area contributed by atoms with Gasteiger partial charge in [0.15, 0.2) is 0 Å². The van der Waals surface area contributed by atoms with E-state index in [1.807, 2.05) is 0 Å². The second-order valence-corrected chi connectivity index (χ2v) is 11.7. The van der Waals surface area contributed by atoms with Gasteiger partial charge in [-0.1, -0.05) is 52.2 Å². The van der Waals surface area contributed by atoms with Gasteiger partial charge >= 0.3 is 0 Å². The van der Waals surface area contributed by atoms with Crippen LogP contribution < -0.4 is 5.32 Å². The van der Waals surface area contributed by atoms with Gasteiger partial charge in [-0.3, -0.25) is 4.79 Å². The van der Waals surface area contributed by atoms with Crippen molar-refractivity contribution in [3.63, 3.8) is 0 Å². The van der Waals surface area contributed by atoms with Gasteiger partial charge in [0.2, 0.25) is 5.91 Å². The SMILES string of the molecule is CCCCCNC(=O)[C@@H](C)[C@H]1CC[C@H]2C3=CC[C@H]4C[C@@H](O)CC[C@]4(C)[C@H]3CC[C@]12C. The summed E-state index contributed by atoms with van der Waals surface area (Å²) in [6.07, 6.45) is 15.3. The number of nitrogens with one attached hydrogen (secondary N) is 1. The van der Waals surface area contributed by atoms with Crippen LogP contribution in [0.1, 0.15) is 98.3 Å². The van der Waals surface area contributed by atoms with Crippen molar-refractivity contribution in [2.75, 3.05) is 6.54 Å². The molecule has 30 heavy (non-hydrogen) atoms. The lowest BCUT2D eigenvalue weighted by Crippen LogP contribution is -2.50. The van der Waals surface area contributed by atoms with Crippen LogP contribution in [0.25, 0.3) is 0 Å². The summed E-state index contributed by atoms with van der Waals surface area (Å²) in [7, 11) is 0. The van der Waals surface area contributed by atoms with Gasteiger partial charge in [-0.2, -0.15) is 0 Å². The molecular weight excluding hydrogens is 370 g/mol. The monoisotopic (exact) mass is 415 g/mol. The molecule has 4 rings (SSSR count). The molecule has 0 aromatic rings. The number of carbonyl (C=O) groups is 1. The fraction of sp³-hybridized carbons (Fsp3) is 0.889. The molecule has 0 spiro atoms. The first-order chi connectivity index (χ1) is 14.3. The molecule has 0 radical (unpaired) electrons. The Morgan fingerprint density at radius 1 is 1.13 bits per heavy atom. The molecule has 4 aliphatic carbocycles. The number of amides is 1. The van der Waals surface area contributed by atoms with Crippen molar-refractivity contribution in [2.45, 2.75) is 104 Å². The largest absolute Gasteiger partial charge is 0.393 e. The maximum atomic E-state index is 12.9. The van der Waals surface area contributed by atoms with Crippen LogP contribution >= 0.6 is 0 Å². The summed E-state index contributed by atoms with van der Waals surface area (Å²) in [5.41, 5.74) is 2.40. The standard InChI is InChI=1S/C27H45NO2/c1-5-6-7-16-28-25(30)18(2)22-10-11-23-21-9-8-19-17-20(29)12-14-26(19,3)24(21)13-15-27(22,23)4/h9,18-20,22-24,29H,5-8,10-17H2,1-4H3,(H,28,30)/t18-,19-,20-,22+,23-,24-,26-,27+/m0/s1. The van der Waals surface area contributed by atoms with Gasteiger partial charge in [-0.25, -0.2) is 0 Å². The predicted molar refractivity (Wildman–Crippen MR) is 123 cm³/mol. The molecule has 0 aromatic heterocycles. The molecule has 2 N–H and O–H groups in total. The van der Waals surface area contributed by atoms with Gasteiger partial charge in [-0.05, 0) is 92.3 Å². The molecular formula is C27H45NO2. The molecule has 3 fully saturated rings. The Morgan fingerprint density at radius 2 is 1.87 bits per heavy atom. The zero-order valence-electron chi connectivity index (χ0n) is 19.9. The van der Waals surface area contributed by atoms with Crippen LogP contribution in [0.5, 0.6) is 0 Å². The molecule has 8 atom stereocenters. The van der Waals surface area contributed by atoms with Crippen LogP contribution in [0, 0.1) is 40.4 Å². The summed E-state index contributed by atoms with van der Waals surface area (Å²) in [6.45, 7) is 10.3. The van der Waals surface area contributed by atoms with Crippen molar-refractivity contribution in [3.8, 4) is 0 Å². The summed E-state index contributed by atoms with van der Waals surface area (Å²) < 4.78 is 0.